The molecule has 1 heterocycles. The highest BCUT2D eigenvalue weighted by Crippen LogP contribution is 2.70. The van der Waals surface area contributed by atoms with Crippen LogP contribution in [0, 0.1) is 116 Å². The van der Waals surface area contributed by atoms with Crippen LogP contribution in [-0.4, -0.2) is 263 Å². The SMILES string of the molecule is CN(C)CCOC(/C=C1\CCC2C3CCc4cc(O)ccc4C3CCC12C)OCCN(C)C.CN(C)CCOCC[C@H]1CCC2C3CCc4cc(O)c(CN(C)C)cc4C3CCC21C.CN1COC(/C=C2\CCC3C4CCc5cc(O)ccc5C4CCC23C)OC1.C[C@@H](COCCN(C)C)[C@H]1CCC2C3CCc4cc(O)ccc4C3CCC21C.C[C@H](COCCN(C)C)[C@H]1CCC2C3CCc4cc(O)ccc4C3CCC21C. The van der Waals surface area contributed by atoms with Crippen molar-refractivity contribution in [2.45, 2.75) is 296 Å². The van der Waals surface area contributed by atoms with Gasteiger partial charge in [0.2, 0.25) is 0 Å². The first-order valence-electron chi connectivity index (χ1n) is 58.7. The molecule has 5 N–H and O–H groups in total. The van der Waals surface area contributed by atoms with Crippen molar-refractivity contribution in [2.75, 3.05) is 191 Å². The Balaban J connectivity index is 0.000000126. The number of fused-ring (bicyclic) bond motifs is 25. The van der Waals surface area contributed by atoms with Gasteiger partial charge in [0.25, 0.3) is 0 Å². The van der Waals surface area contributed by atoms with E-state index in [1.165, 1.54) is 199 Å². The molecule has 0 radical (unpaired) electrons. The van der Waals surface area contributed by atoms with E-state index in [0.717, 1.165) is 200 Å². The van der Waals surface area contributed by atoms with Crippen molar-refractivity contribution in [1.29, 1.82) is 0 Å². The minimum atomic E-state index is -0.261. The Labute approximate surface area is 888 Å². The van der Waals surface area contributed by atoms with Gasteiger partial charge in [-0.2, -0.15) is 0 Å². The van der Waals surface area contributed by atoms with Gasteiger partial charge in [-0.1, -0.05) is 89.9 Å². The zero-order chi connectivity index (χ0) is 104. The Hall–Kier alpha value is -5.98. The second kappa shape index (κ2) is 49.0. The molecule has 15 aliphatic carbocycles. The molecule has 0 aromatic heterocycles. The number of nitrogens with zero attached hydrogens (tertiary/aromatic N) is 7. The molecule has 20 unspecified atom stereocenters. The Kier molecular flexibility index (Phi) is 37.4. The Morgan fingerprint density at radius 3 is 1.13 bits per heavy atom. The fourth-order valence-corrected chi connectivity index (χ4v) is 34.8. The smallest absolute Gasteiger partial charge is 0.180 e. The molecule has 0 bridgehead atoms. The van der Waals surface area contributed by atoms with E-state index in [9.17, 15) is 25.5 Å². The van der Waals surface area contributed by atoms with Crippen LogP contribution in [0.3, 0.4) is 0 Å². The molecule has 5 aromatic carbocycles. The first-order valence-corrected chi connectivity index (χ1v) is 58.7. The highest BCUT2D eigenvalue weighted by Gasteiger charge is 2.61. The molecule has 1 aliphatic heterocycles. The lowest BCUT2D eigenvalue weighted by Gasteiger charge is -2.52. The van der Waals surface area contributed by atoms with Crippen LogP contribution >= 0.6 is 0 Å². The van der Waals surface area contributed by atoms with E-state index in [4.69, 9.17) is 33.2 Å². The second-order valence-electron chi connectivity index (χ2n) is 52.6. The van der Waals surface area contributed by atoms with Crippen molar-refractivity contribution in [3.05, 3.63) is 169 Å². The third kappa shape index (κ3) is 25.1. The second-order valence-corrected chi connectivity index (χ2v) is 52.6. The zero-order valence-corrected chi connectivity index (χ0v) is 94.9. The standard InChI is InChI=1S/C28H44N2O3.C27H44N2O2.2C25H39NO2.C23H31NO3/c1-28-13-12-24-23-10-8-22(31)18-20(23)6-9-25(24)26(28)11-7-21(28)19-27(32-16-14-29(2)3)33-17-15-30(4)5;1-27-12-10-22-23(25(27)9-7-21(27)11-14-31-15-13-28(2)3)8-6-19-17-26(30)20(16-24(19)22)18-29(4)5;2*1-17(16-28-14-13-26(3)4)23-9-10-24-22-7-5-18-15-19(27)6-8-20(18)21(22)11-12-25(23,24)2;1-23-10-9-19-18-7-5-17(25)11-15(18)3-6-20(19)21(23)8-4-16(23)12-22-26-13-24(2)14-27-22/h8,10,18-19,24-27,31H,6-7,9,11-17H2,1-5H3;16-17,21-23,25,30H,6-15,18H2,1-5H3;2*6,8,15,17,21-24,27H,5,7,9-14,16H2,1-4H3;5,7,11-12,19-22,25H,3-4,6,8-10,13-14H2,1-2H3/b21-19+;;;;16-12+/t;21-,22?,23?,25?,27?;17-,21?,22?,23+,24?,25?;17-,21?,22?,23-,24?,25?;/m.101./s1. The van der Waals surface area contributed by atoms with Crippen LogP contribution in [0.2, 0.25) is 0 Å². The summed E-state index contributed by atoms with van der Waals surface area (Å²) in [7, 11) is 27.1. The number of phenols is 5. The number of rotatable bonds is 30. The lowest BCUT2D eigenvalue weighted by atomic mass is 9.53. The summed E-state index contributed by atoms with van der Waals surface area (Å²) < 4.78 is 42.2. The molecule has 816 valence electrons. The number of ether oxygens (including phenoxy) is 7. The van der Waals surface area contributed by atoms with E-state index >= 15 is 0 Å². The largest absolute Gasteiger partial charge is 0.508 e. The first kappa shape index (κ1) is 112. The average molecular weight is 2030 g/mol. The van der Waals surface area contributed by atoms with E-state index in [0.29, 0.717) is 119 Å². The van der Waals surface area contributed by atoms with Gasteiger partial charge in [0, 0.05) is 64.7 Å². The van der Waals surface area contributed by atoms with Crippen LogP contribution < -0.4 is 0 Å². The van der Waals surface area contributed by atoms with Gasteiger partial charge in [-0.25, -0.2) is 0 Å². The molecule has 11 fully saturated rings. The van der Waals surface area contributed by atoms with Crippen molar-refractivity contribution in [3.8, 4) is 28.7 Å². The number of aromatic hydroxyl groups is 5. The maximum Gasteiger partial charge on any atom is 0.180 e. The molecule has 147 heavy (non-hydrogen) atoms. The van der Waals surface area contributed by atoms with E-state index in [1.807, 2.05) is 60.5 Å². The minimum Gasteiger partial charge on any atom is -0.508 e. The van der Waals surface area contributed by atoms with Crippen LogP contribution in [0.4, 0.5) is 0 Å². The summed E-state index contributed by atoms with van der Waals surface area (Å²) in [5, 5.41) is 50.1. The molecular weight excluding hydrogens is 1830 g/mol. The summed E-state index contributed by atoms with van der Waals surface area (Å²) in [4.78, 5) is 15.1. The molecule has 1 saturated heterocycles. The summed E-state index contributed by atoms with van der Waals surface area (Å²) in [6.45, 7) is 31.3. The molecule has 5 aromatic rings. The van der Waals surface area contributed by atoms with Gasteiger partial charge in [0.1, 0.15) is 42.2 Å². The van der Waals surface area contributed by atoms with Gasteiger partial charge in [-0.3, -0.25) is 4.90 Å². The predicted octanol–water partition coefficient (Wildman–Crippen LogP) is 24.1. The third-order valence-corrected chi connectivity index (χ3v) is 42.3. The van der Waals surface area contributed by atoms with E-state index in [2.05, 4.69) is 211 Å². The monoisotopic (exact) mass is 2020 g/mol. The molecule has 19 nitrogen and oxygen atoms in total. The van der Waals surface area contributed by atoms with Crippen LogP contribution in [-0.2, 0) is 71.8 Å². The third-order valence-electron chi connectivity index (χ3n) is 42.3. The minimum absolute atomic E-state index is 0.181. The molecular formula is C128H197N7O12. The molecule has 0 spiro atoms. The summed E-state index contributed by atoms with van der Waals surface area (Å²) >= 11 is 0. The van der Waals surface area contributed by atoms with Gasteiger partial charge < -0.3 is 88.1 Å². The number of hydrogen-bond acceptors (Lipinski definition) is 19. The van der Waals surface area contributed by atoms with Crippen LogP contribution in [0.15, 0.2) is 108 Å². The van der Waals surface area contributed by atoms with Crippen LogP contribution in [0.5, 0.6) is 28.7 Å². The van der Waals surface area contributed by atoms with Gasteiger partial charge >= 0.3 is 0 Å². The van der Waals surface area contributed by atoms with E-state index < -0.39 is 0 Å². The predicted molar refractivity (Wildman–Crippen MR) is 595 cm³/mol. The van der Waals surface area contributed by atoms with Crippen molar-refractivity contribution in [1.82, 2.24) is 34.3 Å². The molecule has 10 saturated carbocycles. The summed E-state index contributed by atoms with van der Waals surface area (Å²) in [5.74, 6) is 17.4. The van der Waals surface area contributed by atoms with Crippen LogP contribution in [0.1, 0.15) is 306 Å². The number of aryl methyl sites for hydroxylation is 5. The molecule has 25 atom stereocenters. The fraction of sp³-hybridized carbons (Fsp3) is 0.734. The van der Waals surface area contributed by atoms with Gasteiger partial charge in [0.05, 0.1) is 33.0 Å². The lowest BCUT2D eigenvalue weighted by Crippen LogP contribution is -2.44. The Morgan fingerprint density at radius 2 is 0.714 bits per heavy atom. The quantitative estimate of drug-likeness (QED) is 0.0166. The maximum absolute atomic E-state index is 10.5. The molecule has 19 heteroatoms. The lowest BCUT2D eigenvalue weighted by molar-refractivity contribution is -0.217. The summed E-state index contributed by atoms with van der Waals surface area (Å²) in [6, 6.07) is 28.9. The number of phenolic OH excluding ortho intramolecular Hbond substituents is 5. The average Bonchev–Trinajstić information content (AvgIpc) is 1.65. The van der Waals surface area contributed by atoms with E-state index in [1.54, 1.807) is 27.8 Å². The molecule has 21 rings (SSSR count). The summed E-state index contributed by atoms with van der Waals surface area (Å²) in [5.41, 5.74) is 20.9. The Bertz CT molecular complexity index is 5050. The maximum atomic E-state index is 10.5. The fourth-order valence-electron chi connectivity index (χ4n) is 34.8. The Morgan fingerprint density at radius 1 is 0.361 bits per heavy atom. The first-order chi connectivity index (χ1) is 70.4. The number of benzene rings is 5. The van der Waals surface area contributed by atoms with Crippen molar-refractivity contribution < 1.29 is 58.7 Å². The van der Waals surface area contributed by atoms with Gasteiger partial charge in [0.15, 0.2) is 12.6 Å². The van der Waals surface area contributed by atoms with Crippen molar-refractivity contribution in [3.63, 3.8) is 0 Å². The van der Waals surface area contributed by atoms with E-state index in [-0.39, 0.29) is 18.0 Å². The topological polar surface area (TPSA) is 188 Å². The highest BCUT2D eigenvalue weighted by atomic mass is 16.7. The van der Waals surface area contributed by atoms with Gasteiger partial charge in [-0.15, -0.1) is 0 Å². The molecule has 0 amide bonds. The summed E-state index contributed by atoms with van der Waals surface area (Å²) in [6.07, 6.45) is 43.7. The normalized spacial score (nSPS) is 34.1. The van der Waals surface area contributed by atoms with Crippen molar-refractivity contribution >= 4 is 0 Å². The van der Waals surface area contributed by atoms with Crippen LogP contribution in [0.25, 0.3) is 0 Å². The van der Waals surface area contributed by atoms with Crippen molar-refractivity contribution in [2.24, 2.45) is 116 Å². The highest BCUT2D eigenvalue weighted by molar-refractivity contribution is 5.48. The zero-order valence-electron chi connectivity index (χ0n) is 94.9. The number of likely N-dealkylation sites (N-methyl/N-ethyl adjacent to an activating group) is 5. The van der Waals surface area contributed by atoms with Gasteiger partial charge in [-0.05, 0) is 558 Å². The molecule has 16 aliphatic rings. The number of hydrogen-bond donors (Lipinski definition) is 5. The number of allylic oxidation sites excluding steroid dienone is 2.